The Hall–Kier alpha value is -3.04. The van der Waals surface area contributed by atoms with Crippen LogP contribution in [-0.4, -0.2) is 32.8 Å². The second kappa shape index (κ2) is 6.70. The van der Waals surface area contributed by atoms with Gasteiger partial charge in [-0.15, -0.1) is 0 Å². The number of aromatic nitrogens is 2. The van der Waals surface area contributed by atoms with E-state index in [0.29, 0.717) is 12.1 Å². The lowest BCUT2D eigenvalue weighted by atomic mass is 10.2. The van der Waals surface area contributed by atoms with E-state index in [1.807, 2.05) is 46.7 Å². The van der Waals surface area contributed by atoms with Gasteiger partial charge in [0.25, 0.3) is 11.7 Å². The maximum absolute atomic E-state index is 11.4. The number of nitrogens with two attached hydrogens (primary N) is 1. The minimum absolute atomic E-state index is 0.437. The number of rotatable bonds is 5. The molecule has 4 rings (SSSR count). The van der Waals surface area contributed by atoms with Crippen LogP contribution in [0.1, 0.15) is 16.1 Å². The molecule has 9 heteroatoms. The number of fused-ring (bicyclic) bond motifs is 1. The maximum atomic E-state index is 11.4. The van der Waals surface area contributed by atoms with Crippen molar-refractivity contribution in [1.82, 2.24) is 19.4 Å². The third-order valence-electron chi connectivity index (χ3n) is 3.84. The molecular formula is C17H17N7OS+. The molecule has 2 aliphatic heterocycles. The summed E-state index contributed by atoms with van der Waals surface area (Å²) in [6, 6.07) is 9.18. The number of aryl methyl sites for hydroxylation is 1. The lowest BCUT2D eigenvalue weighted by molar-refractivity contribution is 0.1000. The summed E-state index contributed by atoms with van der Waals surface area (Å²) in [4.78, 5) is 18.7. The number of nitrogens with one attached hydrogen (secondary N) is 2. The van der Waals surface area contributed by atoms with Crippen molar-refractivity contribution < 1.29 is 4.79 Å². The molecular weight excluding hydrogens is 350 g/mol. The summed E-state index contributed by atoms with van der Waals surface area (Å²) in [7, 11) is 0. The lowest BCUT2D eigenvalue weighted by Crippen LogP contribution is -2.42. The minimum atomic E-state index is -0.437. The van der Waals surface area contributed by atoms with Gasteiger partial charge >= 0.3 is 0 Å². The summed E-state index contributed by atoms with van der Waals surface area (Å²) in [6.45, 7) is 2.58. The fraction of sp³-hybridized carbons (Fsp3) is 0.118. The summed E-state index contributed by atoms with van der Waals surface area (Å²) in [5.74, 6) is 2.04. The van der Waals surface area contributed by atoms with Crippen LogP contribution in [0, 0.1) is 6.92 Å². The number of aromatic amines is 1. The van der Waals surface area contributed by atoms with E-state index < -0.39 is 5.91 Å². The summed E-state index contributed by atoms with van der Waals surface area (Å²) in [5, 5.41) is 10.4. The van der Waals surface area contributed by atoms with Crippen LogP contribution in [0.5, 0.6) is 0 Å². The summed E-state index contributed by atoms with van der Waals surface area (Å²) >= 11 is 1.51. The van der Waals surface area contributed by atoms with Crippen molar-refractivity contribution in [2.45, 2.75) is 11.8 Å². The Labute approximate surface area is 154 Å². The summed E-state index contributed by atoms with van der Waals surface area (Å²) in [5.41, 5.74) is 6.83. The van der Waals surface area contributed by atoms with Crippen LogP contribution in [0.3, 0.4) is 0 Å². The number of amidine groups is 1. The standard InChI is InChI=1S/C17H17N7OS/c1-11-7-14(22-21-11)20-16-10-23(9-15-19-5-6-24(15)16)26-13-4-2-3-12(8-13)17(18)25/h2-8,10H,9H2,1H3,(H2,18,25)(H2,20,21,22)/q+1. The first-order valence-electron chi connectivity index (χ1n) is 7.96. The van der Waals surface area contributed by atoms with E-state index >= 15 is 0 Å². The molecule has 8 nitrogen and oxygen atoms in total. The van der Waals surface area contributed by atoms with E-state index in [4.69, 9.17) is 5.73 Å². The molecule has 2 aliphatic rings. The molecule has 0 bridgehead atoms. The van der Waals surface area contributed by atoms with Gasteiger partial charge in [-0.3, -0.25) is 19.5 Å². The Morgan fingerprint density at radius 2 is 2.31 bits per heavy atom. The molecule has 1 radical (unpaired) electrons. The highest BCUT2D eigenvalue weighted by Gasteiger charge is 2.37. The van der Waals surface area contributed by atoms with Gasteiger partial charge in [0.1, 0.15) is 6.54 Å². The molecule has 1 aromatic carbocycles. The Morgan fingerprint density at radius 3 is 3.08 bits per heavy atom. The number of amides is 1. The number of primary amides is 1. The van der Waals surface area contributed by atoms with E-state index in [-0.39, 0.29) is 0 Å². The maximum Gasteiger partial charge on any atom is 0.285 e. The predicted octanol–water partition coefficient (Wildman–Crippen LogP) is 2.07. The number of benzene rings is 1. The number of nitrogens with zero attached hydrogens (tertiary/aromatic N) is 4. The molecule has 26 heavy (non-hydrogen) atoms. The average Bonchev–Trinajstić information content (AvgIpc) is 3.24. The zero-order valence-electron chi connectivity index (χ0n) is 14.0. The third kappa shape index (κ3) is 3.35. The van der Waals surface area contributed by atoms with E-state index in [1.54, 1.807) is 18.3 Å². The van der Waals surface area contributed by atoms with E-state index in [9.17, 15) is 4.79 Å². The van der Waals surface area contributed by atoms with Crippen molar-refractivity contribution in [3.8, 4) is 0 Å². The first-order chi connectivity index (χ1) is 12.6. The zero-order chi connectivity index (χ0) is 18.1. The highest BCUT2D eigenvalue weighted by atomic mass is 32.2. The zero-order valence-corrected chi connectivity index (χ0v) is 14.8. The topological polar surface area (TPSA) is 105 Å². The van der Waals surface area contributed by atoms with Gasteiger partial charge in [0.15, 0.2) is 12.0 Å². The quantitative estimate of drug-likeness (QED) is 0.554. The molecule has 0 fully saturated rings. The van der Waals surface area contributed by atoms with Crippen molar-refractivity contribution in [3.63, 3.8) is 0 Å². The number of anilines is 1. The number of carbonyl (C=O) groups is 1. The molecule has 0 atom stereocenters. The third-order valence-corrected chi connectivity index (χ3v) is 4.78. The van der Waals surface area contributed by atoms with Gasteiger partial charge in [-0.2, -0.15) is 10.1 Å². The van der Waals surface area contributed by atoms with Gasteiger partial charge in [-0.05, 0) is 42.0 Å². The molecule has 0 unspecified atom stereocenters. The molecule has 3 heterocycles. The van der Waals surface area contributed by atoms with E-state index in [1.165, 1.54) is 11.9 Å². The Balaban J connectivity index is 1.58. The van der Waals surface area contributed by atoms with Crippen LogP contribution < -0.4 is 16.0 Å². The highest BCUT2D eigenvalue weighted by Crippen LogP contribution is 2.28. The molecule has 4 N–H and O–H groups in total. The number of carbonyl (C=O) groups excluding carboxylic acids is 1. The SMILES string of the molecule is Cc1cc(NC2=CN(Sc3cccc(C(N)=O)c3)CC3=NC=C[N+]23)n[nH]1. The van der Waals surface area contributed by atoms with Gasteiger partial charge in [0.2, 0.25) is 5.91 Å². The molecule has 131 valence electrons. The highest BCUT2D eigenvalue weighted by molar-refractivity contribution is 7.97. The largest absolute Gasteiger partial charge is 0.366 e. The number of hydrogen-bond acceptors (Lipinski definition) is 7. The van der Waals surface area contributed by atoms with Crippen molar-refractivity contribution in [2.75, 3.05) is 11.9 Å². The van der Waals surface area contributed by atoms with Crippen LogP contribution in [0.2, 0.25) is 0 Å². The van der Waals surface area contributed by atoms with Crippen LogP contribution in [0.4, 0.5) is 5.82 Å². The number of aliphatic imine (C=N–C) groups is 1. The summed E-state index contributed by atoms with van der Waals surface area (Å²) < 4.78 is 2.05. The normalized spacial score (nSPS) is 16.3. The van der Waals surface area contributed by atoms with Gasteiger partial charge in [-0.1, -0.05) is 6.07 Å². The predicted molar refractivity (Wildman–Crippen MR) is 101 cm³/mol. The molecule has 0 saturated heterocycles. The van der Waals surface area contributed by atoms with Crippen molar-refractivity contribution in [1.29, 1.82) is 0 Å². The van der Waals surface area contributed by atoms with Gasteiger partial charge in [0, 0.05) is 22.2 Å². The van der Waals surface area contributed by atoms with Crippen molar-refractivity contribution in [2.24, 2.45) is 10.7 Å². The van der Waals surface area contributed by atoms with E-state index in [2.05, 4.69) is 20.5 Å². The minimum Gasteiger partial charge on any atom is -0.366 e. The Bertz CT molecular complexity index is 946. The molecule has 0 spiro atoms. The Morgan fingerprint density at radius 1 is 1.42 bits per heavy atom. The van der Waals surface area contributed by atoms with Crippen molar-refractivity contribution in [3.05, 3.63) is 66.0 Å². The number of hydrogen-bond donors (Lipinski definition) is 3. The first-order valence-corrected chi connectivity index (χ1v) is 8.74. The van der Waals surface area contributed by atoms with E-state index in [0.717, 1.165) is 28.1 Å². The fourth-order valence-corrected chi connectivity index (χ4v) is 3.58. The Kier molecular flexibility index (Phi) is 4.23. The van der Waals surface area contributed by atoms with Gasteiger partial charge in [-0.25, -0.2) is 0 Å². The second-order valence-corrected chi connectivity index (χ2v) is 6.97. The van der Waals surface area contributed by atoms with Crippen LogP contribution in [0.25, 0.3) is 0 Å². The average molecular weight is 367 g/mol. The second-order valence-electron chi connectivity index (χ2n) is 5.85. The van der Waals surface area contributed by atoms with Crippen LogP contribution in [-0.2, 0) is 0 Å². The van der Waals surface area contributed by atoms with Gasteiger partial charge < -0.3 is 5.73 Å². The molecule has 2 aromatic rings. The molecule has 0 aliphatic carbocycles. The van der Waals surface area contributed by atoms with Crippen molar-refractivity contribution >= 4 is 29.5 Å². The summed E-state index contributed by atoms with van der Waals surface area (Å²) in [6.07, 6.45) is 5.66. The number of H-pyrrole nitrogens is 1. The van der Waals surface area contributed by atoms with Gasteiger partial charge in [0.05, 0.1) is 12.4 Å². The fourth-order valence-electron chi connectivity index (χ4n) is 2.66. The monoisotopic (exact) mass is 367 g/mol. The molecule has 1 aromatic heterocycles. The first kappa shape index (κ1) is 16.4. The van der Waals surface area contributed by atoms with Crippen LogP contribution in [0.15, 0.2) is 64.6 Å². The lowest BCUT2D eigenvalue weighted by Gasteiger charge is -2.24. The van der Waals surface area contributed by atoms with Crippen LogP contribution >= 0.6 is 11.9 Å². The smallest absolute Gasteiger partial charge is 0.285 e. The molecule has 1 amide bonds. The molecule has 0 saturated carbocycles.